The van der Waals surface area contributed by atoms with Gasteiger partial charge in [-0.3, -0.25) is 4.79 Å². The number of amides is 1. The van der Waals surface area contributed by atoms with Crippen molar-refractivity contribution in [1.29, 1.82) is 0 Å². The van der Waals surface area contributed by atoms with Crippen LogP contribution in [0.4, 0.5) is 8.78 Å². The first-order valence-corrected chi connectivity index (χ1v) is 8.77. The van der Waals surface area contributed by atoms with Gasteiger partial charge in [0.05, 0.1) is 5.56 Å². The average molecular weight is 372 g/mol. The summed E-state index contributed by atoms with van der Waals surface area (Å²) < 4.78 is 26.9. The van der Waals surface area contributed by atoms with Crippen molar-refractivity contribution in [2.45, 2.75) is 19.1 Å². The highest BCUT2D eigenvalue weighted by atomic mass is 19.1. The largest absolute Gasteiger partial charge is 0.338 e. The highest BCUT2D eigenvalue weighted by Crippen LogP contribution is 2.26. The quantitative estimate of drug-likeness (QED) is 0.841. The third-order valence-corrected chi connectivity index (χ3v) is 4.79. The van der Waals surface area contributed by atoms with Crippen LogP contribution in [0.15, 0.2) is 47.6 Å². The predicted molar refractivity (Wildman–Crippen MR) is 93.8 cm³/mol. The molecule has 27 heavy (non-hydrogen) atoms. The third kappa shape index (κ3) is 3.66. The van der Waals surface area contributed by atoms with Crippen molar-refractivity contribution in [2.24, 2.45) is 10.9 Å². The number of carbonyl (C=O) groups excluding carboxylic acids is 1. The summed E-state index contributed by atoms with van der Waals surface area (Å²) in [6.07, 6.45) is 2.47. The van der Waals surface area contributed by atoms with Crippen molar-refractivity contribution >= 4 is 11.7 Å². The van der Waals surface area contributed by atoms with Crippen LogP contribution in [0.2, 0.25) is 0 Å². The van der Waals surface area contributed by atoms with E-state index in [0.717, 1.165) is 18.4 Å². The number of hydrogen-bond acceptors (Lipinski definition) is 5. The zero-order chi connectivity index (χ0) is 18.8. The van der Waals surface area contributed by atoms with E-state index in [1.165, 1.54) is 24.4 Å². The van der Waals surface area contributed by atoms with Gasteiger partial charge in [-0.05, 0) is 49.2 Å². The van der Waals surface area contributed by atoms with Crippen LogP contribution in [0.5, 0.6) is 0 Å². The normalized spacial score (nSPS) is 22.3. The SMILES string of the molecule is O=C(c1cccnc1F)N1CCC[C@H](C2N=C(c3ccc(F)cc3)NO2)C1. The second-order valence-corrected chi connectivity index (χ2v) is 6.59. The van der Waals surface area contributed by atoms with Crippen molar-refractivity contribution < 1.29 is 18.4 Å². The number of halogens is 2. The molecule has 8 heteroatoms. The van der Waals surface area contributed by atoms with E-state index < -0.39 is 12.2 Å². The minimum atomic E-state index is -0.764. The number of carbonyl (C=O) groups is 1. The number of amidine groups is 1. The van der Waals surface area contributed by atoms with Crippen LogP contribution >= 0.6 is 0 Å². The van der Waals surface area contributed by atoms with Crippen LogP contribution < -0.4 is 5.48 Å². The molecule has 1 amide bonds. The number of nitrogens with zero attached hydrogens (tertiary/aromatic N) is 3. The van der Waals surface area contributed by atoms with E-state index in [4.69, 9.17) is 4.84 Å². The summed E-state index contributed by atoms with van der Waals surface area (Å²) in [6, 6.07) is 8.93. The highest BCUT2D eigenvalue weighted by Gasteiger charge is 2.34. The Morgan fingerprint density at radius 2 is 2.04 bits per heavy atom. The highest BCUT2D eigenvalue weighted by molar-refractivity contribution is 5.98. The van der Waals surface area contributed by atoms with Crippen molar-refractivity contribution in [3.8, 4) is 0 Å². The molecule has 1 saturated heterocycles. The Hall–Kier alpha value is -2.87. The Bertz CT molecular complexity index is 872. The molecule has 0 aliphatic carbocycles. The van der Waals surface area contributed by atoms with Crippen LogP contribution in [-0.2, 0) is 4.84 Å². The summed E-state index contributed by atoms with van der Waals surface area (Å²) >= 11 is 0. The lowest BCUT2D eigenvalue weighted by Gasteiger charge is -2.33. The van der Waals surface area contributed by atoms with E-state index in [2.05, 4.69) is 15.5 Å². The van der Waals surface area contributed by atoms with Crippen LogP contribution in [-0.4, -0.2) is 40.9 Å². The standard InChI is InChI=1S/C19H18F2N4O2/c20-14-7-5-12(6-8-14)17-23-18(27-24-17)13-3-2-10-25(11-13)19(26)15-4-1-9-22-16(15)21/h1,4-9,13,18H,2-3,10-11H2,(H,23,24)/t13-,18?/m0/s1. The summed E-state index contributed by atoms with van der Waals surface area (Å²) in [5, 5.41) is 0. The molecule has 1 aromatic carbocycles. The summed E-state index contributed by atoms with van der Waals surface area (Å²) in [6.45, 7) is 0.970. The Morgan fingerprint density at radius 1 is 1.22 bits per heavy atom. The van der Waals surface area contributed by atoms with Gasteiger partial charge >= 0.3 is 0 Å². The molecule has 2 aliphatic heterocycles. The summed E-state index contributed by atoms with van der Waals surface area (Å²) in [5.74, 6) is -0.951. The molecule has 1 N–H and O–H groups in total. The van der Waals surface area contributed by atoms with Crippen molar-refractivity contribution in [3.05, 3.63) is 65.5 Å². The lowest BCUT2D eigenvalue weighted by atomic mass is 9.96. The number of hydrogen-bond donors (Lipinski definition) is 1. The Labute approximate surface area is 154 Å². The van der Waals surface area contributed by atoms with Crippen molar-refractivity contribution in [1.82, 2.24) is 15.4 Å². The number of pyridine rings is 1. The molecule has 4 rings (SSSR count). The molecule has 6 nitrogen and oxygen atoms in total. The monoisotopic (exact) mass is 372 g/mol. The van der Waals surface area contributed by atoms with Crippen molar-refractivity contribution in [2.75, 3.05) is 13.1 Å². The lowest BCUT2D eigenvalue weighted by molar-refractivity contribution is -0.0192. The molecule has 0 radical (unpaired) electrons. The minimum Gasteiger partial charge on any atom is -0.338 e. The van der Waals surface area contributed by atoms with Gasteiger partial charge in [-0.25, -0.2) is 24.7 Å². The Morgan fingerprint density at radius 3 is 2.81 bits per heavy atom. The number of nitrogens with one attached hydrogen (secondary N) is 1. The zero-order valence-electron chi connectivity index (χ0n) is 14.4. The topological polar surface area (TPSA) is 66.8 Å². The lowest BCUT2D eigenvalue weighted by Crippen LogP contribution is -2.43. The molecule has 3 heterocycles. The molecule has 1 fully saturated rings. The fourth-order valence-corrected chi connectivity index (χ4v) is 3.38. The number of likely N-dealkylation sites (tertiary alicyclic amines) is 1. The van der Waals surface area contributed by atoms with E-state index in [9.17, 15) is 13.6 Å². The van der Waals surface area contributed by atoms with Gasteiger partial charge in [-0.15, -0.1) is 0 Å². The minimum absolute atomic E-state index is 0.0205. The van der Waals surface area contributed by atoms with E-state index in [1.54, 1.807) is 23.1 Å². The number of hydroxylamine groups is 1. The van der Waals surface area contributed by atoms with Crippen LogP contribution in [0.3, 0.4) is 0 Å². The smallest absolute Gasteiger partial charge is 0.258 e. The first kappa shape index (κ1) is 17.5. The van der Waals surface area contributed by atoms with Crippen molar-refractivity contribution in [3.63, 3.8) is 0 Å². The number of benzene rings is 1. The van der Waals surface area contributed by atoms with Gasteiger partial charge in [0, 0.05) is 30.8 Å². The molecule has 0 bridgehead atoms. The molecule has 1 aromatic heterocycles. The fraction of sp³-hybridized carbons (Fsp3) is 0.316. The van der Waals surface area contributed by atoms with E-state index in [0.29, 0.717) is 18.9 Å². The molecule has 2 aliphatic rings. The van der Waals surface area contributed by atoms with Gasteiger partial charge in [-0.2, -0.15) is 4.39 Å². The van der Waals surface area contributed by atoms with E-state index in [-0.39, 0.29) is 23.2 Å². The Balaban J connectivity index is 1.46. The molecule has 2 atom stereocenters. The summed E-state index contributed by atoms with van der Waals surface area (Å²) in [7, 11) is 0. The van der Waals surface area contributed by atoms with Gasteiger partial charge in [0.15, 0.2) is 12.1 Å². The second kappa shape index (κ2) is 7.40. The van der Waals surface area contributed by atoms with E-state index in [1.807, 2.05) is 0 Å². The van der Waals surface area contributed by atoms with Crippen LogP contribution in [0, 0.1) is 17.7 Å². The van der Waals surface area contributed by atoms with Gasteiger partial charge < -0.3 is 4.90 Å². The number of piperidine rings is 1. The van der Waals surface area contributed by atoms with Gasteiger partial charge in [0.25, 0.3) is 5.91 Å². The predicted octanol–water partition coefficient (Wildman–Crippen LogP) is 2.52. The molecule has 140 valence electrons. The second-order valence-electron chi connectivity index (χ2n) is 6.59. The maximum atomic E-state index is 13.8. The first-order chi connectivity index (χ1) is 13.1. The summed E-state index contributed by atoms with van der Waals surface area (Å²) in [5.41, 5.74) is 3.47. The average Bonchev–Trinajstić information content (AvgIpc) is 3.19. The molecule has 1 unspecified atom stereocenters. The first-order valence-electron chi connectivity index (χ1n) is 8.77. The summed E-state index contributed by atoms with van der Waals surface area (Å²) in [4.78, 5) is 27.9. The van der Waals surface area contributed by atoms with Crippen LogP contribution in [0.25, 0.3) is 0 Å². The molecular weight excluding hydrogens is 354 g/mol. The van der Waals surface area contributed by atoms with Gasteiger partial charge in [0.2, 0.25) is 5.95 Å². The van der Waals surface area contributed by atoms with Gasteiger partial charge in [0.1, 0.15) is 5.82 Å². The zero-order valence-corrected chi connectivity index (χ0v) is 14.4. The molecule has 2 aromatic rings. The molecular formula is C19H18F2N4O2. The number of rotatable bonds is 3. The maximum absolute atomic E-state index is 13.8. The molecule has 0 saturated carbocycles. The van der Waals surface area contributed by atoms with E-state index >= 15 is 0 Å². The number of aliphatic imine (C=N–C) groups is 1. The van der Waals surface area contributed by atoms with Gasteiger partial charge in [-0.1, -0.05) is 0 Å². The molecule has 0 spiro atoms. The maximum Gasteiger partial charge on any atom is 0.258 e. The fourth-order valence-electron chi connectivity index (χ4n) is 3.38. The third-order valence-electron chi connectivity index (χ3n) is 4.79. The number of aromatic nitrogens is 1. The Kier molecular flexibility index (Phi) is 4.81. The van der Waals surface area contributed by atoms with Crippen LogP contribution in [0.1, 0.15) is 28.8 Å².